The fourth-order valence-electron chi connectivity index (χ4n) is 4.46. The summed E-state index contributed by atoms with van der Waals surface area (Å²) in [7, 11) is -3.79. The van der Waals surface area contributed by atoms with Crippen LogP contribution in [0.25, 0.3) is 21.7 Å². The van der Waals surface area contributed by atoms with E-state index in [-0.39, 0.29) is 65.9 Å². The van der Waals surface area contributed by atoms with E-state index in [2.05, 4.69) is 10.3 Å². The van der Waals surface area contributed by atoms with Crippen LogP contribution in [0.15, 0.2) is 48.8 Å². The number of esters is 1. The number of aromatic hydroxyl groups is 2. The van der Waals surface area contributed by atoms with Crippen molar-refractivity contribution in [3.8, 4) is 11.6 Å². The van der Waals surface area contributed by atoms with Crippen molar-refractivity contribution < 1.29 is 42.5 Å². The van der Waals surface area contributed by atoms with Crippen LogP contribution in [0, 0.1) is 5.82 Å². The van der Waals surface area contributed by atoms with Crippen molar-refractivity contribution >= 4 is 41.1 Å². The lowest BCUT2D eigenvalue weighted by Gasteiger charge is -2.21. The summed E-state index contributed by atoms with van der Waals surface area (Å²) in [6.45, 7) is 4.84. The van der Waals surface area contributed by atoms with Gasteiger partial charge >= 0.3 is 13.6 Å². The van der Waals surface area contributed by atoms with Crippen LogP contribution in [0.2, 0.25) is 0 Å². The second-order valence-corrected chi connectivity index (χ2v) is 11.3. The maximum atomic E-state index is 13.6. The third-order valence-electron chi connectivity index (χ3n) is 6.28. The van der Waals surface area contributed by atoms with E-state index in [9.17, 15) is 28.8 Å². The number of rotatable bonds is 12. The maximum Gasteiger partial charge on any atom is 0.335 e. The highest BCUT2D eigenvalue weighted by molar-refractivity contribution is 7.53. The van der Waals surface area contributed by atoms with E-state index < -0.39 is 31.4 Å². The number of hydrogen-bond acceptors (Lipinski definition) is 9. The molecular formula is C28H31FN3O8P. The maximum absolute atomic E-state index is 13.6. The normalized spacial score (nSPS) is 13.7. The number of hydrogen-bond donors (Lipinski definition) is 3. The highest BCUT2D eigenvalue weighted by Gasteiger charge is 2.31. The van der Waals surface area contributed by atoms with Crippen molar-refractivity contribution in [1.29, 1.82) is 0 Å². The number of ether oxygens (including phenoxy) is 1. The summed E-state index contributed by atoms with van der Waals surface area (Å²) in [5.74, 6) is -2.28. The molecule has 0 radical (unpaired) electrons. The Bertz CT molecular complexity index is 1620. The predicted molar refractivity (Wildman–Crippen MR) is 150 cm³/mol. The third-order valence-corrected chi connectivity index (χ3v) is 8.35. The van der Waals surface area contributed by atoms with Gasteiger partial charge in [-0.25, -0.2) is 9.18 Å². The third kappa shape index (κ3) is 6.51. The molecule has 2 heterocycles. The molecule has 2 aromatic carbocycles. The van der Waals surface area contributed by atoms with Gasteiger partial charge in [0.15, 0.2) is 11.9 Å². The molecule has 2 aromatic heterocycles. The number of phenols is 1. The SMILES string of the molecule is CCOC(=O)[C@H](C)OP(=O)(CCNC(=O)c1c2cccnc2c(O)c2c(O)n(Cc3ccc(F)cc3)cc12)OCC. The van der Waals surface area contributed by atoms with Crippen LogP contribution in [0.4, 0.5) is 4.39 Å². The van der Waals surface area contributed by atoms with Crippen LogP contribution in [-0.4, -0.2) is 63.7 Å². The Kier molecular flexibility index (Phi) is 9.27. The molecule has 0 bridgehead atoms. The molecule has 0 saturated heterocycles. The number of nitrogens with zero attached hydrogens (tertiary/aromatic N) is 2. The average Bonchev–Trinajstić information content (AvgIpc) is 3.25. The molecule has 13 heteroatoms. The second-order valence-electron chi connectivity index (χ2n) is 9.13. The van der Waals surface area contributed by atoms with E-state index in [1.165, 1.54) is 36.0 Å². The molecule has 1 unspecified atom stereocenters. The van der Waals surface area contributed by atoms with Crippen LogP contribution in [-0.2, 0) is 29.7 Å². The van der Waals surface area contributed by atoms with E-state index in [0.717, 1.165) is 0 Å². The summed E-state index contributed by atoms with van der Waals surface area (Å²) in [6.07, 6.45) is 1.59. The lowest BCUT2D eigenvalue weighted by molar-refractivity contribution is -0.150. The number of carbonyl (C=O) groups excluding carboxylic acids is 2. The fraction of sp³-hybridized carbons (Fsp3) is 0.321. The quantitative estimate of drug-likeness (QED) is 0.158. The average molecular weight is 588 g/mol. The lowest BCUT2D eigenvalue weighted by atomic mass is 10.0. The van der Waals surface area contributed by atoms with Gasteiger partial charge in [0.25, 0.3) is 5.91 Å². The first-order valence-corrected chi connectivity index (χ1v) is 14.7. The topological polar surface area (TPSA) is 149 Å². The number of amides is 1. The Morgan fingerprint density at radius 3 is 2.54 bits per heavy atom. The first kappa shape index (κ1) is 30.0. The van der Waals surface area contributed by atoms with Crippen LogP contribution in [0.5, 0.6) is 11.6 Å². The number of fused-ring (bicyclic) bond motifs is 2. The molecule has 4 aromatic rings. The van der Waals surface area contributed by atoms with Crippen LogP contribution < -0.4 is 5.32 Å². The van der Waals surface area contributed by atoms with Gasteiger partial charge in [0, 0.05) is 29.7 Å². The highest BCUT2D eigenvalue weighted by atomic mass is 31.2. The van der Waals surface area contributed by atoms with Crippen molar-refractivity contribution in [3.63, 3.8) is 0 Å². The van der Waals surface area contributed by atoms with Gasteiger partial charge in [-0.05, 0) is 44.5 Å². The number of halogens is 1. The van der Waals surface area contributed by atoms with E-state index >= 15 is 0 Å². The molecule has 11 nitrogen and oxygen atoms in total. The summed E-state index contributed by atoms with van der Waals surface area (Å²) < 4.78 is 43.7. The van der Waals surface area contributed by atoms with Crippen molar-refractivity contribution in [3.05, 3.63) is 65.7 Å². The van der Waals surface area contributed by atoms with Gasteiger partial charge in [-0.15, -0.1) is 0 Å². The minimum atomic E-state index is -3.79. The van der Waals surface area contributed by atoms with Gasteiger partial charge in [-0.3, -0.25) is 18.9 Å². The zero-order valence-corrected chi connectivity index (χ0v) is 23.7. The largest absolute Gasteiger partial charge is 0.505 e. The summed E-state index contributed by atoms with van der Waals surface area (Å²) in [5, 5.41) is 25.3. The van der Waals surface area contributed by atoms with Gasteiger partial charge in [-0.1, -0.05) is 18.2 Å². The zero-order valence-electron chi connectivity index (χ0n) is 22.8. The monoisotopic (exact) mass is 587 g/mol. The van der Waals surface area contributed by atoms with Crippen LogP contribution >= 0.6 is 7.60 Å². The van der Waals surface area contributed by atoms with E-state index in [1.807, 2.05) is 0 Å². The Morgan fingerprint density at radius 1 is 1.12 bits per heavy atom. The highest BCUT2D eigenvalue weighted by Crippen LogP contribution is 2.49. The number of nitrogens with one attached hydrogen (secondary N) is 1. The predicted octanol–water partition coefficient (Wildman–Crippen LogP) is 4.72. The Balaban J connectivity index is 1.65. The molecule has 0 aliphatic rings. The standard InChI is InChI=1S/C28H31FN3O8P/c1-4-38-28(36)17(3)40-41(37,39-5-2)14-13-31-26(34)22-20-7-6-12-30-24(20)25(33)23-21(22)16-32(27(23)35)15-18-8-10-19(29)11-9-18/h6-12,16-17,33,35H,4-5,13-15H2,1-3H3,(H,31,34)/t17-,41?/m0/s1. The Morgan fingerprint density at radius 2 is 1.85 bits per heavy atom. The van der Waals surface area contributed by atoms with E-state index in [4.69, 9.17) is 13.8 Å². The minimum Gasteiger partial charge on any atom is -0.505 e. The molecule has 0 spiro atoms. The number of phenolic OH excluding ortho intramolecular Hbond substituents is 1. The van der Waals surface area contributed by atoms with Gasteiger partial charge in [0.2, 0.25) is 5.88 Å². The summed E-state index contributed by atoms with van der Waals surface area (Å²) >= 11 is 0. The molecule has 1 amide bonds. The van der Waals surface area contributed by atoms with Crippen molar-refractivity contribution in [2.45, 2.75) is 33.4 Å². The van der Waals surface area contributed by atoms with E-state index in [1.54, 1.807) is 38.1 Å². The molecule has 3 N–H and O–H groups in total. The van der Waals surface area contributed by atoms with Gasteiger partial charge in [-0.2, -0.15) is 0 Å². The Hall–Kier alpha value is -3.99. The second kappa shape index (κ2) is 12.7. The van der Waals surface area contributed by atoms with Gasteiger partial charge < -0.3 is 29.4 Å². The molecule has 0 fully saturated rings. The molecule has 2 atom stereocenters. The first-order valence-electron chi connectivity index (χ1n) is 13.0. The molecule has 0 aliphatic carbocycles. The van der Waals surface area contributed by atoms with Gasteiger partial charge in [0.05, 0.1) is 36.9 Å². The minimum absolute atomic E-state index is 0.0232. The molecule has 0 saturated carbocycles. The summed E-state index contributed by atoms with van der Waals surface area (Å²) in [5.41, 5.74) is 0.909. The molecule has 4 rings (SSSR count). The van der Waals surface area contributed by atoms with Crippen molar-refractivity contribution in [2.24, 2.45) is 0 Å². The van der Waals surface area contributed by atoms with Crippen LogP contribution in [0.1, 0.15) is 36.7 Å². The number of benzene rings is 2. The number of carbonyl (C=O) groups is 2. The summed E-state index contributed by atoms with van der Waals surface area (Å²) in [4.78, 5) is 29.7. The molecular weight excluding hydrogens is 556 g/mol. The zero-order chi connectivity index (χ0) is 29.7. The smallest absolute Gasteiger partial charge is 0.335 e. The summed E-state index contributed by atoms with van der Waals surface area (Å²) in [6, 6.07) is 8.93. The number of aromatic nitrogens is 2. The lowest BCUT2D eigenvalue weighted by Crippen LogP contribution is -2.29. The van der Waals surface area contributed by atoms with Crippen molar-refractivity contribution in [1.82, 2.24) is 14.9 Å². The fourth-order valence-corrected chi connectivity index (χ4v) is 6.10. The number of pyridine rings is 1. The Labute approximate surface area is 235 Å². The van der Waals surface area contributed by atoms with Crippen molar-refractivity contribution in [2.75, 3.05) is 25.9 Å². The molecule has 41 heavy (non-hydrogen) atoms. The van der Waals surface area contributed by atoms with E-state index in [0.29, 0.717) is 10.9 Å². The molecule has 0 aliphatic heterocycles. The first-order chi connectivity index (χ1) is 19.6. The van der Waals surface area contributed by atoms with Crippen LogP contribution in [0.3, 0.4) is 0 Å². The molecule has 218 valence electrons. The van der Waals surface area contributed by atoms with Gasteiger partial charge in [0.1, 0.15) is 11.3 Å².